The van der Waals surface area contributed by atoms with Gasteiger partial charge in [0, 0.05) is 43.5 Å². The monoisotopic (exact) mass is 467 g/mol. The summed E-state index contributed by atoms with van der Waals surface area (Å²) in [4.78, 5) is 22.4. The second-order valence-electron chi connectivity index (χ2n) is 8.76. The minimum atomic E-state index is -4.69. The molecule has 0 radical (unpaired) electrons. The molecule has 2 aromatic heterocycles. The minimum Gasteiger partial charge on any atom is -0.350 e. The number of thiazole rings is 1. The fourth-order valence-electron chi connectivity index (χ4n) is 4.68. The van der Waals surface area contributed by atoms with Crippen molar-refractivity contribution in [2.45, 2.75) is 62.6 Å². The number of aromatic nitrogens is 2. The van der Waals surface area contributed by atoms with Gasteiger partial charge in [-0.1, -0.05) is 36.7 Å². The van der Waals surface area contributed by atoms with Crippen LogP contribution in [0.2, 0.25) is 0 Å². The Morgan fingerprint density at radius 1 is 1.25 bits per heavy atom. The number of nitrogens with zero attached hydrogens (tertiary/aromatic N) is 3. The highest BCUT2D eigenvalue weighted by atomic mass is 32.1. The van der Waals surface area contributed by atoms with Crippen LogP contribution in [-0.2, 0) is 11.6 Å². The lowest BCUT2D eigenvalue weighted by Crippen LogP contribution is -2.42. The zero-order valence-corrected chi connectivity index (χ0v) is 18.6. The molecule has 0 atom stereocenters. The number of pyridine rings is 1. The fraction of sp³-hybridized carbons (Fsp3) is 0.591. The van der Waals surface area contributed by atoms with Gasteiger partial charge in [0.15, 0.2) is 10.8 Å². The number of carbonyl (C=O) groups is 1. The van der Waals surface area contributed by atoms with Crippen molar-refractivity contribution in [1.82, 2.24) is 15.3 Å². The quantitative estimate of drug-likeness (QED) is 0.691. The maximum Gasteiger partial charge on any atom is 0.435 e. The van der Waals surface area contributed by atoms with Crippen molar-refractivity contribution in [3.8, 4) is 0 Å². The molecular weight excluding hydrogens is 439 g/mol. The Labute approximate surface area is 189 Å². The van der Waals surface area contributed by atoms with Crippen LogP contribution in [0.3, 0.4) is 0 Å². The lowest BCUT2D eigenvalue weighted by atomic mass is 9.70. The number of hydrogen-bond acceptors (Lipinski definition) is 6. The topological polar surface area (TPSA) is 84.1 Å². The molecule has 1 amide bonds. The van der Waals surface area contributed by atoms with Crippen molar-refractivity contribution in [3.05, 3.63) is 40.7 Å². The van der Waals surface area contributed by atoms with Gasteiger partial charge >= 0.3 is 6.18 Å². The van der Waals surface area contributed by atoms with Gasteiger partial charge in [-0.15, -0.1) is 0 Å². The first-order chi connectivity index (χ1) is 15.3. The molecule has 4 rings (SSSR count). The van der Waals surface area contributed by atoms with Crippen molar-refractivity contribution in [2.24, 2.45) is 5.73 Å². The zero-order chi connectivity index (χ0) is 22.8. The maximum atomic E-state index is 13.7. The maximum absolute atomic E-state index is 13.7. The minimum absolute atomic E-state index is 0.0511. The first-order valence-electron chi connectivity index (χ1n) is 11.1. The molecule has 10 heteroatoms. The molecule has 6 nitrogen and oxygen atoms in total. The van der Waals surface area contributed by atoms with Crippen molar-refractivity contribution in [1.29, 1.82) is 0 Å². The molecule has 174 valence electrons. The summed E-state index contributed by atoms with van der Waals surface area (Å²) in [5.74, 6) is -0.719. The third-order valence-corrected chi connectivity index (χ3v) is 7.69. The summed E-state index contributed by atoms with van der Waals surface area (Å²) in [6.07, 6.45) is 5.06. The van der Waals surface area contributed by atoms with E-state index in [-0.39, 0.29) is 28.0 Å². The van der Waals surface area contributed by atoms with E-state index >= 15 is 0 Å². The van der Waals surface area contributed by atoms with Gasteiger partial charge in [-0.05, 0) is 37.3 Å². The molecular formula is C22H28F3N5OS. The van der Waals surface area contributed by atoms with Crippen LogP contribution in [0.4, 0.5) is 18.3 Å². The molecule has 3 N–H and O–H groups in total. The average Bonchev–Trinajstić information content (AvgIpc) is 3.26. The van der Waals surface area contributed by atoms with E-state index in [4.69, 9.17) is 5.73 Å². The third kappa shape index (κ3) is 4.91. The van der Waals surface area contributed by atoms with Gasteiger partial charge in [-0.2, -0.15) is 13.2 Å². The number of hydrogen-bond donors (Lipinski definition) is 2. The number of nitrogens with one attached hydrogen (secondary N) is 1. The van der Waals surface area contributed by atoms with Crippen LogP contribution in [0.5, 0.6) is 0 Å². The normalized spacial score (nSPS) is 19.7. The molecule has 0 spiro atoms. The number of rotatable bonds is 5. The molecule has 0 unspecified atom stereocenters. The summed E-state index contributed by atoms with van der Waals surface area (Å²) in [5, 5.41) is 3.04. The van der Waals surface area contributed by atoms with Crippen molar-refractivity contribution in [2.75, 3.05) is 24.5 Å². The van der Waals surface area contributed by atoms with E-state index in [0.717, 1.165) is 49.0 Å². The summed E-state index contributed by atoms with van der Waals surface area (Å²) in [5.41, 5.74) is 5.51. The van der Waals surface area contributed by atoms with Gasteiger partial charge in [-0.25, -0.2) is 4.98 Å². The summed E-state index contributed by atoms with van der Waals surface area (Å²) in [6, 6.07) is 3.89. The Hall–Kier alpha value is -2.20. The van der Waals surface area contributed by atoms with Gasteiger partial charge in [0.25, 0.3) is 5.91 Å². The standard InChI is InChI=1S/C22H28F3N5OS/c23-22(24,25)18-17(32-20(29-18)30-11-6-16(26)7-12-30)19(31)28-14-21(8-2-1-3-9-21)15-5-4-10-27-13-15/h4-5,10,13,16H,1-3,6-9,11-12,14,26H2,(H,28,31). The van der Waals surface area contributed by atoms with Crippen LogP contribution < -0.4 is 16.0 Å². The first-order valence-corrected chi connectivity index (χ1v) is 11.9. The highest BCUT2D eigenvalue weighted by Gasteiger charge is 2.41. The summed E-state index contributed by atoms with van der Waals surface area (Å²) in [7, 11) is 0. The second kappa shape index (κ2) is 9.35. The molecule has 2 aliphatic rings. The van der Waals surface area contributed by atoms with E-state index < -0.39 is 17.8 Å². The molecule has 1 aliphatic heterocycles. The fourth-order valence-corrected chi connectivity index (χ4v) is 5.74. The molecule has 3 heterocycles. The first kappa shape index (κ1) is 23.0. The Balaban J connectivity index is 1.55. The van der Waals surface area contributed by atoms with E-state index in [1.807, 2.05) is 12.1 Å². The number of alkyl halides is 3. The molecule has 2 aromatic rings. The van der Waals surface area contributed by atoms with Gasteiger partial charge in [0.2, 0.25) is 0 Å². The molecule has 2 fully saturated rings. The number of piperidine rings is 1. The van der Waals surface area contributed by atoms with Gasteiger partial charge < -0.3 is 16.0 Å². The van der Waals surface area contributed by atoms with Crippen LogP contribution >= 0.6 is 11.3 Å². The summed E-state index contributed by atoms with van der Waals surface area (Å²) < 4.78 is 41.1. The molecule has 0 bridgehead atoms. The Morgan fingerprint density at radius 2 is 1.97 bits per heavy atom. The van der Waals surface area contributed by atoms with Crippen LogP contribution in [0.1, 0.15) is 65.9 Å². The van der Waals surface area contributed by atoms with Crippen LogP contribution in [0.15, 0.2) is 24.5 Å². The Morgan fingerprint density at radius 3 is 2.59 bits per heavy atom. The number of carbonyl (C=O) groups excluding carboxylic acids is 1. The molecule has 1 saturated carbocycles. The lowest BCUT2D eigenvalue weighted by molar-refractivity contribution is -0.141. The van der Waals surface area contributed by atoms with E-state index in [2.05, 4.69) is 15.3 Å². The molecule has 1 aliphatic carbocycles. The predicted molar refractivity (Wildman–Crippen MR) is 118 cm³/mol. The Kier molecular flexibility index (Phi) is 6.71. The van der Waals surface area contributed by atoms with E-state index in [0.29, 0.717) is 25.9 Å². The van der Waals surface area contributed by atoms with E-state index in [1.165, 1.54) is 0 Å². The van der Waals surface area contributed by atoms with E-state index in [1.54, 1.807) is 17.3 Å². The highest BCUT2D eigenvalue weighted by Crippen LogP contribution is 2.40. The van der Waals surface area contributed by atoms with Gasteiger partial charge in [0.05, 0.1) is 0 Å². The predicted octanol–water partition coefficient (Wildman–Crippen LogP) is 4.12. The molecule has 32 heavy (non-hydrogen) atoms. The molecule has 0 aromatic carbocycles. The van der Waals surface area contributed by atoms with Crippen LogP contribution in [0, 0.1) is 0 Å². The van der Waals surface area contributed by atoms with Crippen LogP contribution in [0.25, 0.3) is 0 Å². The van der Waals surface area contributed by atoms with Gasteiger partial charge in [-0.3, -0.25) is 9.78 Å². The Bertz CT molecular complexity index is 919. The SMILES string of the molecule is NC1CCN(c2nc(C(F)(F)F)c(C(=O)NCC3(c4cccnc4)CCCCC3)s2)CC1. The van der Waals surface area contributed by atoms with Crippen LogP contribution in [-0.4, -0.2) is 41.6 Å². The summed E-state index contributed by atoms with van der Waals surface area (Å²) >= 11 is 0.813. The lowest BCUT2D eigenvalue weighted by Gasteiger charge is -2.37. The second-order valence-corrected chi connectivity index (χ2v) is 9.74. The van der Waals surface area contributed by atoms with Gasteiger partial charge in [0.1, 0.15) is 4.88 Å². The number of amides is 1. The van der Waals surface area contributed by atoms with E-state index in [9.17, 15) is 18.0 Å². The number of halogens is 3. The van der Waals surface area contributed by atoms with Crippen molar-refractivity contribution >= 4 is 22.4 Å². The largest absolute Gasteiger partial charge is 0.435 e. The molecule has 1 saturated heterocycles. The van der Waals surface area contributed by atoms with Crippen molar-refractivity contribution < 1.29 is 18.0 Å². The average molecular weight is 468 g/mol. The zero-order valence-electron chi connectivity index (χ0n) is 17.8. The number of nitrogens with two attached hydrogens (primary N) is 1. The smallest absolute Gasteiger partial charge is 0.350 e. The summed E-state index contributed by atoms with van der Waals surface area (Å²) in [6.45, 7) is 1.36. The van der Waals surface area contributed by atoms with Crippen molar-refractivity contribution in [3.63, 3.8) is 0 Å². The highest BCUT2D eigenvalue weighted by molar-refractivity contribution is 7.17. The third-order valence-electron chi connectivity index (χ3n) is 6.57. The number of anilines is 1.